The number of rotatable bonds is 8. The molecule has 0 bridgehead atoms. The number of oxime groups is 1. The molecule has 0 unspecified atom stereocenters. The molecule has 2 rings (SSSR count). The number of esters is 1. The summed E-state index contributed by atoms with van der Waals surface area (Å²) in [5.41, 5.74) is 2.95. The summed E-state index contributed by atoms with van der Waals surface area (Å²) in [7, 11) is 4.56. The van der Waals surface area contributed by atoms with Crippen LogP contribution in [-0.4, -0.2) is 33.5 Å². The van der Waals surface area contributed by atoms with Crippen molar-refractivity contribution in [2.45, 2.75) is 6.61 Å². The van der Waals surface area contributed by atoms with E-state index in [1.54, 1.807) is 18.2 Å². The monoisotopic (exact) mass is 354 g/mol. The Labute approximate surface area is 153 Å². The number of carbonyl (C=O) groups excluding carboxylic acids is 1. The van der Waals surface area contributed by atoms with Gasteiger partial charge in [-0.25, -0.2) is 4.79 Å². The van der Waals surface area contributed by atoms with E-state index in [9.17, 15) is 4.79 Å². The number of carbonyl (C=O) groups is 1. The van der Waals surface area contributed by atoms with Crippen LogP contribution < -0.4 is 4.90 Å². The molecule has 2 aromatic rings. The lowest BCUT2D eigenvalue weighted by Crippen LogP contribution is -2.24. The number of anilines is 1. The van der Waals surface area contributed by atoms with Gasteiger partial charge in [0.25, 0.3) is 0 Å². The minimum atomic E-state index is -0.486. The molecule has 0 saturated carbocycles. The fraction of sp³-hybridized carbons (Fsp3) is 0.200. The first-order valence-electron chi connectivity index (χ1n) is 8.00. The summed E-state index contributed by atoms with van der Waals surface area (Å²) in [6.45, 7) is 0.403. The molecule has 0 aromatic heterocycles. The summed E-state index contributed by atoms with van der Waals surface area (Å²) in [6, 6.07) is 17.3. The Kier molecular flexibility index (Phi) is 7.24. The molecule has 136 valence electrons. The van der Waals surface area contributed by atoms with E-state index in [1.807, 2.05) is 54.6 Å². The highest BCUT2D eigenvalue weighted by Crippen LogP contribution is 2.19. The van der Waals surface area contributed by atoms with Crippen molar-refractivity contribution < 1.29 is 19.1 Å². The van der Waals surface area contributed by atoms with E-state index in [1.165, 1.54) is 20.5 Å². The number of hydrogen-bond donors (Lipinski definition) is 0. The minimum Gasteiger partial charge on any atom is -0.502 e. The van der Waals surface area contributed by atoms with Gasteiger partial charge in [-0.05, 0) is 23.3 Å². The summed E-state index contributed by atoms with van der Waals surface area (Å²) in [4.78, 5) is 18.9. The highest BCUT2D eigenvalue weighted by Gasteiger charge is 2.17. The van der Waals surface area contributed by atoms with Crippen molar-refractivity contribution in [1.29, 1.82) is 0 Å². The molecule has 0 aliphatic heterocycles. The SMILES string of the molecule is COC=C(C(=O)OC)N(C)c1cccc(C=NOCc2ccccc2)c1. The van der Waals surface area contributed by atoms with Crippen molar-refractivity contribution in [2.75, 3.05) is 26.2 Å². The number of nitrogens with zero attached hydrogens (tertiary/aromatic N) is 2. The highest BCUT2D eigenvalue weighted by molar-refractivity contribution is 5.92. The van der Waals surface area contributed by atoms with Gasteiger partial charge in [-0.15, -0.1) is 0 Å². The topological polar surface area (TPSA) is 60.4 Å². The molecular weight excluding hydrogens is 332 g/mol. The average Bonchev–Trinajstić information content (AvgIpc) is 2.69. The fourth-order valence-corrected chi connectivity index (χ4v) is 2.22. The van der Waals surface area contributed by atoms with Crippen molar-refractivity contribution in [3.8, 4) is 0 Å². The third kappa shape index (κ3) is 5.37. The lowest BCUT2D eigenvalue weighted by molar-refractivity contribution is -0.136. The third-order valence-corrected chi connectivity index (χ3v) is 3.59. The molecular formula is C20H22N2O4. The summed E-state index contributed by atoms with van der Waals surface area (Å²) in [6.07, 6.45) is 2.97. The van der Waals surface area contributed by atoms with E-state index in [0.717, 1.165) is 16.8 Å². The molecule has 0 aliphatic rings. The maximum Gasteiger partial charge on any atom is 0.357 e. The van der Waals surface area contributed by atoms with Crippen molar-refractivity contribution >= 4 is 17.9 Å². The molecule has 26 heavy (non-hydrogen) atoms. The van der Waals surface area contributed by atoms with Crippen LogP contribution in [-0.2, 0) is 25.7 Å². The van der Waals surface area contributed by atoms with Gasteiger partial charge in [0.15, 0.2) is 5.70 Å². The third-order valence-electron chi connectivity index (χ3n) is 3.59. The fourth-order valence-electron chi connectivity index (χ4n) is 2.22. The lowest BCUT2D eigenvalue weighted by Gasteiger charge is -2.20. The second-order valence-electron chi connectivity index (χ2n) is 5.38. The zero-order valence-corrected chi connectivity index (χ0v) is 15.1. The Bertz CT molecular complexity index is 772. The van der Waals surface area contributed by atoms with Crippen LogP contribution in [0, 0.1) is 0 Å². The van der Waals surface area contributed by atoms with E-state index in [0.29, 0.717) is 6.61 Å². The number of benzene rings is 2. The molecule has 6 nitrogen and oxygen atoms in total. The second-order valence-corrected chi connectivity index (χ2v) is 5.38. The quantitative estimate of drug-likeness (QED) is 0.239. The van der Waals surface area contributed by atoms with Crippen LogP contribution in [0.1, 0.15) is 11.1 Å². The highest BCUT2D eigenvalue weighted by atomic mass is 16.6. The average molecular weight is 354 g/mol. The molecule has 0 spiro atoms. The van der Waals surface area contributed by atoms with Gasteiger partial charge in [0, 0.05) is 12.7 Å². The van der Waals surface area contributed by atoms with Crippen LogP contribution in [0.3, 0.4) is 0 Å². The number of hydrogen-bond acceptors (Lipinski definition) is 6. The lowest BCUT2D eigenvalue weighted by atomic mass is 10.2. The molecule has 0 saturated heterocycles. The first kappa shape index (κ1) is 19.1. The molecule has 0 N–H and O–H groups in total. The molecule has 0 aliphatic carbocycles. The van der Waals surface area contributed by atoms with Crippen LogP contribution in [0.2, 0.25) is 0 Å². The second kappa shape index (κ2) is 9.88. The van der Waals surface area contributed by atoms with Gasteiger partial charge in [-0.1, -0.05) is 47.6 Å². The van der Waals surface area contributed by atoms with Gasteiger partial charge in [0.05, 0.1) is 20.4 Å². The molecule has 0 radical (unpaired) electrons. The molecule has 0 atom stereocenters. The Balaban J connectivity index is 2.05. The smallest absolute Gasteiger partial charge is 0.357 e. The summed E-state index contributed by atoms with van der Waals surface area (Å²) in [5.74, 6) is -0.486. The number of methoxy groups -OCH3 is 2. The van der Waals surface area contributed by atoms with Gasteiger partial charge in [0.2, 0.25) is 0 Å². The zero-order chi connectivity index (χ0) is 18.8. The standard InChI is InChI=1S/C20H22N2O4/c1-22(19(15-24-2)20(23)25-3)18-11-7-10-17(12-18)13-21-26-14-16-8-5-4-6-9-16/h4-13,15H,14H2,1-3H3. The van der Waals surface area contributed by atoms with Crippen molar-refractivity contribution in [3.05, 3.63) is 77.7 Å². The van der Waals surface area contributed by atoms with E-state index in [-0.39, 0.29) is 5.70 Å². The predicted molar refractivity (Wildman–Crippen MR) is 101 cm³/mol. The zero-order valence-electron chi connectivity index (χ0n) is 15.1. The minimum absolute atomic E-state index is 0.282. The number of ether oxygens (including phenoxy) is 2. The van der Waals surface area contributed by atoms with Gasteiger partial charge in [0.1, 0.15) is 12.9 Å². The molecule has 0 heterocycles. The largest absolute Gasteiger partial charge is 0.502 e. The predicted octanol–water partition coefficient (Wildman–Crippen LogP) is 3.33. The Hall–Kier alpha value is -3.28. The van der Waals surface area contributed by atoms with E-state index >= 15 is 0 Å². The maximum atomic E-state index is 11.9. The van der Waals surface area contributed by atoms with Crippen LogP contribution in [0.25, 0.3) is 0 Å². The molecule has 0 amide bonds. The summed E-state index contributed by atoms with van der Waals surface area (Å²) in [5, 5.41) is 4.00. The molecule has 2 aromatic carbocycles. The normalized spacial score (nSPS) is 11.3. The Morgan fingerprint density at radius 1 is 1.12 bits per heavy atom. The van der Waals surface area contributed by atoms with Gasteiger partial charge in [-0.3, -0.25) is 0 Å². The number of likely N-dealkylation sites (N-methyl/N-ethyl adjacent to an activating group) is 1. The first-order chi connectivity index (χ1) is 12.7. The van der Waals surface area contributed by atoms with Gasteiger partial charge in [-0.2, -0.15) is 0 Å². The molecule has 6 heteroatoms. The van der Waals surface area contributed by atoms with Gasteiger partial charge >= 0.3 is 5.97 Å². The Morgan fingerprint density at radius 3 is 2.58 bits per heavy atom. The van der Waals surface area contributed by atoms with Crippen LogP contribution in [0.4, 0.5) is 5.69 Å². The van der Waals surface area contributed by atoms with Crippen molar-refractivity contribution in [3.63, 3.8) is 0 Å². The molecule has 0 fully saturated rings. The summed E-state index contributed by atoms with van der Waals surface area (Å²) < 4.78 is 9.75. The Morgan fingerprint density at radius 2 is 1.88 bits per heavy atom. The van der Waals surface area contributed by atoms with Crippen molar-refractivity contribution in [2.24, 2.45) is 5.16 Å². The van der Waals surface area contributed by atoms with Crippen molar-refractivity contribution in [1.82, 2.24) is 0 Å². The maximum absolute atomic E-state index is 11.9. The van der Waals surface area contributed by atoms with E-state index < -0.39 is 5.97 Å². The first-order valence-corrected chi connectivity index (χ1v) is 8.00. The van der Waals surface area contributed by atoms with Gasteiger partial charge < -0.3 is 19.2 Å². The van der Waals surface area contributed by atoms with E-state index in [2.05, 4.69) is 5.16 Å². The summed E-state index contributed by atoms with van der Waals surface area (Å²) >= 11 is 0. The van der Waals surface area contributed by atoms with Crippen LogP contribution in [0.15, 0.2) is 71.7 Å². The van der Waals surface area contributed by atoms with Crippen LogP contribution >= 0.6 is 0 Å². The van der Waals surface area contributed by atoms with Crippen LogP contribution in [0.5, 0.6) is 0 Å². The van der Waals surface area contributed by atoms with E-state index in [4.69, 9.17) is 14.3 Å².